The van der Waals surface area contributed by atoms with Crippen LogP contribution < -0.4 is 5.32 Å². The maximum absolute atomic E-state index is 12.2. The number of hydrogen-bond acceptors (Lipinski definition) is 6. The molecule has 0 bridgehead atoms. The van der Waals surface area contributed by atoms with E-state index in [1.807, 2.05) is 17.5 Å². The van der Waals surface area contributed by atoms with Gasteiger partial charge in [0.15, 0.2) is 6.29 Å². The van der Waals surface area contributed by atoms with Crippen LogP contribution in [0.15, 0.2) is 17.5 Å². The van der Waals surface area contributed by atoms with Gasteiger partial charge in [0.2, 0.25) is 18.0 Å². The lowest BCUT2D eigenvalue weighted by Crippen LogP contribution is -2.77. The number of hydrogen-bond donors (Lipinski definition) is 2. The van der Waals surface area contributed by atoms with E-state index < -0.39 is 36.5 Å². The van der Waals surface area contributed by atoms with Gasteiger partial charge in [-0.3, -0.25) is 14.5 Å². The molecule has 0 aromatic carbocycles. The molecule has 2 unspecified atom stereocenters. The number of carboxylic acids is 1. The number of rotatable bonds is 5. The van der Waals surface area contributed by atoms with Gasteiger partial charge in [-0.2, -0.15) is 0 Å². The first kappa shape index (κ1) is 15.9. The summed E-state index contributed by atoms with van der Waals surface area (Å²) in [5.74, 6) is -1.97. The summed E-state index contributed by atoms with van der Waals surface area (Å²) in [7, 11) is 1.41. The molecular formula is C14H16N2O6S. The van der Waals surface area contributed by atoms with Crippen molar-refractivity contribution in [3.8, 4) is 0 Å². The first-order valence-corrected chi connectivity index (χ1v) is 7.94. The van der Waals surface area contributed by atoms with Crippen LogP contribution in [0.2, 0.25) is 0 Å². The summed E-state index contributed by atoms with van der Waals surface area (Å²) in [6.45, 7) is 0. The lowest BCUT2D eigenvalue weighted by atomic mass is 9.89. The van der Waals surface area contributed by atoms with Gasteiger partial charge in [-0.15, -0.1) is 11.3 Å². The van der Waals surface area contributed by atoms with E-state index >= 15 is 0 Å². The molecule has 2 amide bonds. The van der Waals surface area contributed by atoms with Crippen LogP contribution in [0.1, 0.15) is 11.3 Å². The summed E-state index contributed by atoms with van der Waals surface area (Å²) >= 11 is 1.46. The fourth-order valence-corrected chi connectivity index (χ4v) is 3.55. The minimum Gasteiger partial charge on any atom is -0.478 e. The van der Waals surface area contributed by atoms with Crippen molar-refractivity contribution in [1.29, 1.82) is 0 Å². The molecule has 2 aliphatic heterocycles. The van der Waals surface area contributed by atoms with Crippen molar-refractivity contribution in [1.82, 2.24) is 10.2 Å². The fourth-order valence-electron chi connectivity index (χ4n) is 2.85. The highest BCUT2D eigenvalue weighted by Crippen LogP contribution is 2.33. The Morgan fingerprint density at radius 2 is 2.35 bits per heavy atom. The molecule has 0 aliphatic carbocycles. The van der Waals surface area contributed by atoms with Crippen molar-refractivity contribution in [3.63, 3.8) is 0 Å². The zero-order chi connectivity index (χ0) is 16.6. The quantitative estimate of drug-likeness (QED) is 0.719. The van der Waals surface area contributed by atoms with E-state index in [4.69, 9.17) is 9.47 Å². The maximum Gasteiger partial charge on any atom is 0.354 e. The zero-order valence-corrected chi connectivity index (χ0v) is 13.1. The standard InChI is InChI=1S/C14H16N2O6S/c1-21-10-6-8-11(12(18)16(8)13(22-10)14(19)20)15-9(17)5-7-3-2-4-23-7/h2-4,8,10-11,13H,5-6H2,1H3,(H,15,17)(H,19,20)/t8?,10-,11?,13+/m0/s1. The van der Waals surface area contributed by atoms with E-state index in [9.17, 15) is 19.5 Å². The number of carboxylic acid groups (broad SMARTS) is 1. The number of carbonyl (C=O) groups excluding carboxylic acids is 2. The van der Waals surface area contributed by atoms with Gasteiger partial charge in [0, 0.05) is 18.4 Å². The fraction of sp³-hybridized carbons (Fsp3) is 0.500. The molecule has 0 spiro atoms. The van der Waals surface area contributed by atoms with E-state index in [1.165, 1.54) is 18.4 Å². The van der Waals surface area contributed by atoms with Crippen molar-refractivity contribution < 1.29 is 29.0 Å². The van der Waals surface area contributed by atoms with Crippen LogP contribution in [0, 0.1) is 0 Å². The summed E-state index contributed by atoms with van der Waals surface area (Å²) in [5.41, 5.74) is 0. The Kier molecular flexibility index (Phi) is 4.33. The Labute approximate surface area is 136 Å². The molecule has 2 N–H and O–H groups in total. The van der Waals surface area contributed by atoms with E-state index in [2.05, 4.69) is 5.32 Å². The van der Waals surface area contributed by atoms with Crippen LogP contribution in [0.5, 0.6) is 0 Å². The van der Waals surface area contributed by atoms with Gasteiger partial charge in [0.05, 0.1) is 12.5 Å². The Morgan fingerprint density at radius 1 is 1.57 bits per heavy atom. The van der Waals surface area contributed by atoms with Crippen LogP contribution in [-0.2, 0) is 30.3 Å². The van der Waals surface area contributed by atoms with Gasteiger partial charge in [0.1, 0.15) is 6.04 Å². The van der Waals surface area contributed by atoms with Crippen LogP contribution in [-0.4, -0.2) is 59.5 Å². The molecule has 1 aromatic rings. The van der Waals surface area contributed by atoms with Crippen molar-refractivity contribution in [2.75, 3.05) is 7.11 Å². The summed E-state index contributed by atoms with van der Waals surface area (Å²) in [5, 5.41) is 13.7. The normalized spacial score (nSPS) is 29.6. The molecule has 9 heteroatoms. The number of ether oxygens (including phenoxy) is 2. The zero-order valence-electron chi connectivity index (χ0n) is 12.3. The highest BCUT2D eigenvalue weighted by Gasteiger charge is 2.57. The van der Waals surface area contributed by atoms with Gasteiger partial charge >= 0.3 is 5.97 Å². The molecule has 2 aliphatic rings. The second kappa shape index (κ2) is 6.26. The van der Waals surface area contributed by atoms with Gasteiger partial charge < -0.3 is 19.9 Å². The van der Waals surface area contributed by atoms with Crippen LogP contribution in [0.3, 0.4) is 0 Å². The second-order valence-corrected chi connectivity index (χ2v) is 6.37. The average molecular weight is 340 g/mol. The molecule has 4 atom stereocenters. The smallest absolute Gasteiger partial charge is 0.354 e. The molecule has 124 valence electrons. The van der Waals surface area contributed by atoms with Crippen LogP contribution in [0.25, 0.3) is 0 Å². The maximum atomic E-state index is 12.2. The number of fused-ring (bicyclic) bond motifs is 1. The molecule has 23 heavy (non-hydrogen) atoms. The second-order valence-electron chi connectivity index (χ2n) is 5.34. The topological polar surface area (TPSA) is 105 Å². The largest absolute Gasteiger partial charge is 0.478 e. The molecule has 3 rings (SSSR count). The van der Waals surface area contributed by atoms with Gasteiger partial charge in [-0.1, -0.05) is 6.07 Å². The first-order chi connectivity index (χ1) is 11.0. The molecule has 0 saturated carbocycles. The van der Waals surface area contributed by atoms with E-state index in [0.717, 1.165) is 9.78 Å². The number of aliphatic carboxylic acids is 1. The Balaban J connectivity index is 1.66. The van der Waals surface area contributed by atoms with Gasteiger partial charge in [-0.25, -0.2) is 4.79 Å². The number of methoxy groups -OCH3 is 1. The number of carbonyl (C=O) groups is 3. The summed E-state index contributed by atoms with van der Waals surface area (Å²) in [4.78, 5) is 37.5. The Hall–Kier alpha value is -1.97. The summed E-state index contributed by atoms with van der Waals surface area (Å²) in [6.07, 6.45) is -1.59. The van der Waals surface area contributed by atoms with E-state index in [1.54, 1.807) is 0 Å². The molecule has 0 radical (unpaired) electrons. The molecule has 3 heterocycles. The third-order valence-electron chi connectivity index (χ3n) is 3.94. The predicted molar refractivity (Wildman–Crippen MR) is 78.5 cm³/mol. The first-order valence-electron chi connectivity index (χ1n) is 7.06. The molecule has 8 nitrogen and oxygen atoms in total. The highest BCUT2D eigenvalue weighted by atomic mass is 32.1. The lowest BCUT2D eigenvalue weighted by Gasteiger charge is -2.53. The van der Waals surface area contributed by atoms with Crippen molar-refractivity contribution in [2.45, 2.75) is 37.4 Å². The van der Waals surface area contributed by atoms with Crippen LogP contribution in [0.4, 0.5) is 0 Å². The summed E-state index contributed by atoms with van der Waals surface area (Å²) < 4.78 is 10.3. The van der Waals surface area contributed by atoms with Crippen molar-refractivity contribution in [2.24, 2.45) is 0 Å². The number of amides is 2. The number of β-lactam (4-membered cyclic amide) rings is 1. The third-order valence-corrected chi connectivity index (χ3v) is 4.81. The van der Waals surface area contributed by atoms with E-state index in [0.29, 0.717) is 6.42 Å². The monoisotopic (exact) mass is 340 g/mol. The molecule has 2 fully saturated rings. The molecule has 1 aromatic heterocycles. The van der Waals surface area contributed by atoms with Crippen molar-refractivity contribution in [3.05, 3.63) is 22.4 Å². The van der Waals surface area contributed by atoms with Gasteiger partial charge in [-0.05, 0) is 11.4 Å². The molecule has 2 saturated heterocycles. The minimum absolute atomic E-state index is 0.195. The number of nitrogens with zero attached hydrogens (tertiary/aromatic N) is 1. The third kappa shape index (κ3) is 2.94. The van der Waals surface area contributed by atoms with Crippen LogP contribution >= 0.6 is 11.3 Å². The van der Waals surface area contributed by atoms with E-state index in [-0.39, 0.29) is 12.3 Å². The minimum atomic E-state index is -1.38. The van der Waals surface area contributed by atoms with Gasteiger partial charge in [0.25, 0.3) is 0 Å². The number of nitrogens with one attached hydrogen (secondary N) is 1. The lowest BCUT2D eigenvalue weighted by molar-refractivity contribution is -0.262. The van der Waals surface area contributed by atoms with Crippen molar-refractivity contribution >= 4 is 29.1 Å². The SMILES string of the molecule is CO[C@@H]1CC2C(NC(=O)Cc3cccs3)C(=O)N2[C@@H](C(=O)O)O1. The average Bonchev–Trinajstić information content (AvgIpc) is 3.03. The molecular weight excluding hydrogens is 324 g/mol. The Morgan fingerprint density at radius 3 is 2.96 bits per heavy atom. The predicted octanol–water partition coefficient (Wildman–Crippen LogP) is -0.210. The number of thiophene rings is 1. The Bertz CT molecular complexity index is 619. The highest BCUT2D eigenvalue weighted by molar-refractivity contribution is 7.10. The summed E-state index contributed by atoms with van der Waals surface area (Å²) in [6, 6.07) is 2.53.